The van der Waals surface area contributed by atoms with Gasteiger partial charge in [0.05, 0.1) is 17.9 Å². The molecule has 4 nitrogen and oxygen atoms in total. The Kier molecular flexibility index (Phi) is 6.21. The van der Waals surface area contributed by atoms with Crippen LogP contribution in [-0.4, -0.2) is 25.7 Å². The monoisotopic (exact) mass is 272 g/mol. The zero-order chi connectivity index (χ0) is 14.3. The van der Waals surface area contributed by atoms with E-state index in [9.17, 15) is 13.6 Å². The van der Waals surface area contributed by atoms with Gasteiger partial charge in [-0.25, -0.2) is 8.78 Å². The van der Waals surface area contributed by atoms with Crippen molar-refractivity contribution in [3.8, 4) is 0 Å². The normalized spacial score (nSPS) is 10.5. The average molecular weight is 272 g/mol. The van der Waals surface area contributed by atoms with Gasteiger partial charge in [-0.15, -0.1) is 0 Å². The van der Waals surface area contributed by atoms with Crippen LogP contribution in [0.4, 0.5) is 14.5 Å². The Bertz CT molecular complexity index is 439. The molecule has 0 fully saturated rings. The topological polar surface area (TPSA) is 64.3 Å². The van der Waals surface area contributed by atoms with Gasteiger partial charge in [0.25, 0.3) is 5.91 Å². The van der Waals surface area contributed by atoms with Crippen LogP contribution in [0.3, 0.4) is 0 Å². The molecule has 0 aliphatic rings. The highest BCUT2D eigenvalue weighted by Gasteiger charge is 2.14. The second-order valence-electron chi connectivity index (χ2n) is 4.08. The second-order valence-corrected chi connectivity index (χ2v) is 4.08. The van der Waals surface area contributed by atoms with E-state index in [1.165, 1.54) is 0 Å². The zero-order valence-corrected chi connectivity index (χ0v) is 10.8. The van der Waals surface area contributed by atoms with Gasteiger partial charge in [0.2, 0.25) is 0 Å². The van der Waals surface area contributed by atoms with Crippen LogP contribution in [0.2, 0.25) is 0 Å². The number of hydrogen-bond donors (Lipinski definition) is 2. The average Bonchev–Trinajstić information content (AvgIpc) is 2.37. The molecule has 0 aliphatic carbocycles. The molecule has 0 aromatic heterocycles. The first kappa shape index (κ1) is 15.4. The van der Waals surface area contributed by atoms with Crippen molar-refractivity contribution in [2.45, 2.75) is 19.8 Å². The smallest absolute Gasteiger partial charge is 0.254 e. The number of halogens is 2. The fourth-order valence-electron chi connectivity index (χ4n) is 1.42. The number of ether oxygens (including phenoxy) is 1. The minimum absolute atomic E-state index is 0.259. The second kappa shape index (κ2) is 7.68. The molecule has 1 amide bonds. The quantitative estimate of drug-likeness (QED) is 0.590. The summed E-state index contributed by atoms with van der Waals surface area (Å²) in [6.07, 6.45) is 1.99. The number of nitrogens with one attached hydrogen (secondary N) is 1. The first-order valence-corrected chi connectivity index (χ1v) is 6.16. The molecule has 19 heavy (non-hydrogen) atoms. The van der Waals surface area contributed by atoms with Gasteiger partial charge in [-0.1, -0.05) is 13.3 Å². The summed E-state index contributed by atoms with van der Waals surface area (Å²) < 4.78 is 31.5. The maximum atomic E-state index is 13.4. The summed E-state index contributed by atoms with van der Waals surface area (Å²) >= 11 is 0. The summed E-state index contributed by atoms with van der Waals surface area (Å²) in [5.74, 6) is -2.45. The molecular formula is C13H18F2N2O2. The number of carbonyl (C=O) groups is 1. The summed E-state index contributed by atoms with van der Waals surface area (Å²) in [7, 11) is 0. The molecular weight excluding hydrogens is 254 g/mol. The van der Waals surface area contributed by atoms with E-state index < -0.39 is 17.5 Å². The van der Waals surface area contributed by atoms with E-state index in [1.54, 1.807) is 0 Å². The fraction of sp³-hybridized carbons (Fsp3) is 0.462. The maximum absolute atomic E-state index is 13.4. The highest BCUT2D eigenvalue weighted by molar-refractivity contribution is 5.95. The van der Waals surface area contributed by atoms with Crippen molar-refractivity contribution in [2.24, 2.45) is 0 Å². The molecule has 1 aromatic rings. The van der Waals surface area contributed by atoms with Crippen molar-refractivity contribution >= 4 is 11.6 Å². The van der Waals surface area contributed by atoms with Crippen LogP contribution in [0.25, 0.3) is 0 Å². The fourth-order valence-corrected chi connectivity index (χ4v) is 1.42. The molecule has 1 rings (SSSR count). The Hall–Kier alpha value is -1.69. The standard InChI is InChI=1S/C13H18F2N2O2/c1-2-3-5-19-6-4-17-13(18)9-7-12(16)11(15)8-10(9)14/h7-8H,2-6,16H2,1H3,(H,17,18). The number of nitrogen functional groups attached to an aromatic ring is 1. The van der Waals surface area contributed by atoms with Crippen LogP contribution in [0.5, 0.6) is 0 Å². The molecule has 1 aromatic carbocycles. The minimum Gasteiger partial charge on any atom is -0.396 e. The Morgan fingerprint density at radius 1 is 1.32 bits per heavy atom. The van der Waals surface area contributed by atoms with E-state index in [-0.39, 0.29) is 17.8 Å². The molecule has 0 unspecified atom stereocenters. The number of benzene rings is 1. The van der Waals surface area contributed by atoms with Crippen molar-refractivity contribution < 1.29 is 18.3 Å². The summed E-state index contributed by atoms with van der Waals surface area (Å²) in [6, 6.07) is 1.58. The number of amides is 1. The first-order valence-electron chi connectivity index (χ1n) is 6.16. The van der Waals surface area contributed by atoms with Crippen LogP contribution in [0.1, 0.15) is 30.1 Å². The molecule has 0 atom stereocenters. The molecule has 0 spiro atoms. The Labute approximate surface area is 110 Å². The predicted octanol–water partition coefficient (Wildman–Crippen LogP) is 2.09. The summed E-state index contributed by atoms with van der Waals surface area (Å²) in [5, 5.41) is 2.48. The lowest BCUT2D eigenvalue weighted by atomic mass is 10.1. The molecule has 0 aliphatic heterocycles. The van der Waals surface area contributed by atoms with Crippen LogP contribution in [-0.2, 0) is 4.74 Å². The number of unbranched alkanes of at least 4 members (excludes halogenated alkanes) is 1. The van der Waals surface area contributed by atoms with Crippen molar-refractivity contribution in [3.63, 3.8) is 0 Å². The number of hydrogen-bond acceptors (Lipinski definition) is 3. The van der Waals surface area contributed by atoms with E-state index in [0.29, 0.717) is 19.3 Å². The van der Waals surface area contributed by atoms with Gasteiger partial charge in [-0.2, -0.15) is 0 Å². The van der Waals surface area contributed by atoms with Crippen molar-refractivity contribution in [1.82, 2.24) is 5.32 Å². The molecule has 0 saturated carbocycles. The van der Waals surface area contributed by atoms with Gasteiger partial charge >= 0.3 is 0 Å². The molecule has 0 radical (unpaired) electrons. The third-order valence-corrected chi connectivity index (χ3v) is 2.51. The molecule has 0 saturated heterocycles. The Morgan fingerprint density at radius 3 is 2.74 bits per heavy atom. The van der Waals surface area contributed by atoms with Gasteiger partial charge in [0, 0.05) is 19.2 Å². The van der Waals surface area contributed by atoms with Gasteiger partial charge in [-0.3, -0.25) is 4.79 Å². The van der Waals surface area contributed by atoms with Gasteiger partial charge in [0.15, 0.2) is 0 Å². The highest BCUT2D eigenvalue weighted by atomic mass is 19.1. The lowest BCUT2D eigenvalue weighted by Gasteiger charge is -2.08. The van der Waals surface area contributed by atoms with E-state index in [2.05, 4.69) is 5.32 Å². The lowest BCUT2D eigenvalue weighted by Crippen LogP contribution is -2.28. The number of carbonyl (C=O) groups excluding carboxylic acids is 1. The molecule has 106 valence electrons. The van der Waals surface area contributed by atoms with Gasteiger partial charge in [0.1, 0.15) is 11.6 Å². The maximum Gasteiger partial charge on any atom is 0.254 e. The van der Waals surface area contributed by atoms with Crippen LogP contribution in [0.15, 0.2) is 12.1 Å². The summed E-state index contributed by atoms with van der Waals surface area (Å²) in [4.78, 5) is 11.6. The minimum atomic E-state index is -0.934. The predicted molar refractivity (Wildman–Crippen MR) is 68.8 cm³/mol. The first-order chi connectivity index (χ1) is 9.06. The van der Waals surface area contributed by atoms with E-state index in [0.717, 1.165) is 18.9 Å². The third kappa shape index (κ3) is 4.82. The van der Waals surface area contributed by atoms with Crippen LogP contribution < -0.4 is 11.1 Å². The largest absolute Gasteiger partial charge is 0.396 e. The SMILES string of the molecule is CCCCOCCNC(=O)c1cc(N)c(F)cc1F. The van der Waals surface area contributed by atoms with Crippen molar-refractivity contribution in [3.05, 3.63) is 29.3 Å². The Balaban J connectivity index is 2.43. The van der Waals surface area contributed by atoms with Crippen molar-refractivity contribution in [2.75, 3.05) is 25.5 Å². The van der Waals surface area contributed by atoms with Gasteiger partial charge in [-0.05, 0) is 12.5 Å². The van der Waals surface area contributed by atoms with E-state index >= 15 is 0 Å². The van der Waals surface area contributed by atoms with E-state index in [1.807, 2.05) is 6.92 Å². The zero-order valence-electron chi connectivity index (χ0n) is 10.8. The lowest BCUT2D eigenvalue weighted by molar-refractivity contribution is 0.0909. The van der Waals surface area contributed by atoms with Crippen LogP contribution in [0, 0.1) is 11.6 Å². The number of nitrogens with two attached hydrogens (primary N) is 1. The Morgan fingerprint density at radius 2 is 2.05 bits per heavy atom. The summed E-state index contributed by atoms with van der Waals surface area (Å²) in [6.45, 7) is 3.29. The molecule has 6 heteroatoms. The third-order valence-electron chi connectivity index (χ3n) is 2.51. The molecule has 3 N–H and O–H groups in total. The van der Waals surface area contributed by atoms with Crippen LogP contribution >= 0.6 is 0 Å². The van der Waals surface area contributed by atoms with E-state index in [4.69, 9.17) is 10.5 Å². The van der Waals surface area contributed by atoms with Crippen molar-refractivity contribution in [1.29, 1.82) is 0 Å². The molecule has 0 heterocycles. The summed E-state index contributed by atoms with van der Waals surface area (Å²) in [5.41, 5.74) is 4.76. The van der Waals surface area contributed by atoms with Gasteiger partial charge < -0.3 is 15.8 Å². The molecule has 0 bridgehead atoms. The number of anilines is 1. The number of rotatable bonds is 7. The highest BCUT2D eigenvalue weighted by Crippen LogP contribution is 2.16.